The number of amides is 1. The molecule has 0 atom stereocenters. The second kappa shape index (κ2) is 8.43. The number of hydrogen-bond donors (Lipinski definition) is 1. The molecule has 0 bridgehead atoms. The van der Waals surface area contributed by atoms with Crippen molar-refractivity contribution in [3.63, 3.8) is 0 Å². The molecule has 31 heavy (non-hydrogen) atoms. The van der Waals surface area contributed by atoms with Crippen LogP contribution in [0.1, 0.15) is 27.7 Å². The lowest BCUT2D eigenvalue weighted by molar-refractivity contribution is -0.120. The van der Waals surface area contributed by atoms with Crippen LogP contribution in [0.5, 0.6) is 11.6 Å². The minimum absolute atomic E-state index is 0.105. The van der Waals surface area contributed by atoms with E-state index in [9.17, 15) is 13.2 Å². The van der Waals surface area contributed by atoms with Crippen LogP contribution in [0.2, 0.25) is 0 Å². The van der Waals surface area contributed by atoms with Gasteiger partial charge in [-0.1, -0.05) is 52.5 Å². The summed E-state index contributed by atoms with van der Waals surface area (Å²) in [6, 6.07) is 12.0. The monoisotopic (exact) mass is 443 g/mol. The van der Waals surface area contributed by atoms with Crippen molar-refractivity contribution < 1.29 is 17.9 Å². The van der Waals surface area contributed by atoms with E-state index >= 15 is 0 Å². The van der Waals surface area contributed by atoms with E-state index in [1.54, 1.807) is 18.2 Å². The van der Waals surface area contributed by atoms with Gasteiger partial charge in [0.25, 0.3) is 0 Å². The van der Waals surface area contributed by atoms with E-state index in [0.29, 0.717) is 11.6 Å². The molecular weight excluding hydrogens is 414 g/mol. The lowest BCUT2D eigenvalue weighted by Gasteiger charge is -2.52. The van der Waals surface area contributed by atoms with Gasteiger partial charge in [-0.3, -0.25) is 4.79 Å². The van der Waals surface area contributed by atoms with E-state index in [1.807, 2.05) is 45.9 Å². The molecule has 1 aliphatic rings. The van der Waals surface area contributed by atoms with Crippen molar-refractivity contribution in [2.24, 2.45) is 10.8 Å². The molecule has 2 aromatic rings. The average molecular weight is 444 g/mol. The number of pyridine rings is 1. The van der Waals surface area contributed by atoms with Crippen LogP contribution in [-0.2, 0) is 14.8 Å². The summed E-state index contributed by atoms with van der Waals surface area (Å²) in [6.07, 6.45) is 2.55. The third-order valence-corrected chi connectivity index (χ3v) is 7.29. The summed E-state index contributed by atoms with van der Waals surface area (Å²) in [4.78, 5) is 16.2. The Morgan fingerprint density at radius 1 is 1.13 bits per heavy atom. The number of nitrogens with one attached hydrogen (secondary N) is 1. The summed E-state index contributed by atoms with van der Waals surface area (Å²) in [5, 5.41) is 2.98. The van der Waals surface area contributed by atoms with Crippen molar-refractivity contribution >= 4 is 15.9 Å². The van der Waals surface area contributed by atoms with Gasteiger partial charge in [-0.05, 0) is 35.1 Å². The summed E-state index contributed by atoms with van der Waals surface area (Å²) >= 11 is 0. The van der Waals surface area contributed by atoms with Crippen LogP contribution >= 0.6 is 0 Å². The number of benzene rings is 1. The lowest BCUT2D eigenvalue weighted by Crippen LogP contribution is -2.64. The highest BCUT2D eigenvalue weighted by molar-refractivity contribution is 7.89. The summed E-state index contributed by atoms with van der Waals surface area (Å²) in [5.74, 6) is 0.676. The average Bonchev–Trinajstić information content (AvgIpc) is 2.71. The number of para-hydroxylation sites is 1. The number of piperidine rings is 1. The number of sulfonamides is 1. The fourth-order valence-corrected chi connectivity index (χ4v) is 6.03. The topological polar surface area (TPSA) is 88.6 Å². The predicted octanol–water partition coefficient (Wildman–Crippen LogP) is 3.60. The van der Waals surface area contributed by atoms with Gasteiger partial charge in [0.15, 0.2) is 0 Å². The SMILES string of the molecule is C=CC(=O)NC1C(C)(C)CN(S(=O)(=O)c2ccc(Oc3ccccc3)nc2)CC1(C)C. The predicted molar refractivity (Wildman–Crippen MR) is 119 cm³/mol. The zero-order chi connectivity index (χ0) is 22.9. The molecule has 1 aliphatic heterocycles. The first kappa shape index (κ1) is 23.0. The molecule has 1 fully saturated rings. The highest BCUT2D eigenvalue weighted by Gasteiger charge is 2.50. The summed E-state index contributed by atoms with van der Waals surface area (Å²) in [7, 11) is -3.77. The molecule has 0 radical (unpaired) electrons. The van der Waals surface area contributed by atoms with Crippen LogP contribution in [0.15, 0.2) is 66.2 Å². The highest BCUT2D eigenvalue weighted by atomic mass is 32.2. The van der Waals surface area contributed by atoms with Crippen LogP contribution in [0.4, 0.5) is 0 Å². The summed E-state index contributed by atoms with van der Waals surface area (Å²) < 4.78 is 33.8. The number of aromatic nitrogens is 1. The fraction of sp³-hybridized carbons (Fsp3) is 0.391. The van der Waals surface area contributed by atoms with Crippen LogP contribution in [-0.4, -0.2) is 42.7 Å². The van der Waals surface area contributed by atoms with Gasteiger partial charge in [-0.25, -0.2) is 13.4 Å². The maximum atomic E-state index is 13.4. The Morgan fingerprint density at radius 3 is 2.26 bits per heavy atom. The van der Waals surface area contributed by atoms with Gasteiger partial charge in [0.2, 0.25) is 21.8 Å². The first-order valence-electron chi connectivity index (χ1n) is 10.1. The first-order valence-corrected chi connectivity index (χ1v) is 11.5. The van der Waals surface area contributed by atoms with Gasteiger partial charge in [0, 0.05) is 25.2 Å². The van der Waals surface area contributed by atoms with Crippen LogP contribution in [0, 0.1) is 10.8 Å². The number of nitrogens with zero attached hydrogens (tertiary/aromatic N) is 2. The molecule has 166 valence electrons. The van der Waals surface area contributed by atoms with E-state index in [0.717, 1.165) is 0 Å². The van der Waals surface area contributed by atoms with Gasteiger partial charge < -0.3 is 10.1 Å². The molecule has 7 nitrogen and oxygen atoms in total. The maximum absolute atomic E-state index is 13.4. The Hall–Kier alpha value is -2.71. The number of carbonyl (C=O) groups excluding carboxylic acids is 1. The Labute approximate surface area is 184 Å². The molecule has 0 saturated carbocycles. The van der Waals surface area contributed by atoms with E-state index in [1.165, 1.54) is 22.6 Å². The molecule has 2 heterocycles. The van der Waals surface area contributed by atoms with Gasteiger partial charge in [-0.15, -0.1) is 0 Å². The van der Waals surface area contributed by atoms with Crippen LogP contribution in [0.25, 0.3) is 0 Å². The molecule has 1 saturated heterocycles. The molecule has 8 heteroatoms. The molecule has 1 aromatic carbocycles. The summed E-state index contributed by atoms with van der Waals surface area (Å²) in [5.41, 5.74) is -0.978. The standard InChI is InChI=1S/C23H29N3O4S/c1-6-19(27)25-21-22(2,3)15-26(16-23(21,4)5)31(28,29)18-12-13-20(24-14-18)30-17-10-8-7-9-11-17/h6-14,21H,1,15-16H2,2-5H3,(H,25,27). The second-order valence-corrected chi connectivity index (χ2v) is 11.1. The van der Waals surface area contributed by atoms with Gasteiger partial charge in [0.1, 0.15) is 10.6 Å². The van der Waals surface area contributed by atoms with Crippen molar-refractivity contribution in [3.8, 4) is 11.6 Å². The quantitative estimate of drug-likeness (QED) is 0.689. The normalized spacial score (nSPS) is 18.8. The highest BCUT2D eigenvalue weighted by Crippen LogP contribution is 2.42. The molecule has 3 rings (SSSR count). The van der Waals surface area contributed by atoms with E-state index < -0.39 is 20.9 Å². The van der Waals surface area contributed by atoms with Crippen LogP contribution < -0.4 is 10.1 Å². The minimum atomic E-state index is -3.77. The van der Waals surface area contributed by atoms with Crippen molar-refractivity contribution in [3.05, 3.63) is 61.3 Å². The fourth-order valence-electron chi connectivity index (χ4n) is 4.31. The Morgan fingerprint density at radius 2 is 1.74 bits per heavy atom. The third-order valence-electron chi connectivity index (χ3n) is 5.52. The lowest BCUT2D eigenvalue weighted by atomic mass is 9.67. The minimum Gasteiger partial charge on any atom is -0.439 e. The number of ether oxygens (including phenoxy) is 1. The van der Waals surface area contributed by atoms with Crippen molar-refractivity contribution in [2.45, 2.75) is 38.6 Å². The largest absolute Gasteiger partial charge is 0.439 e. The Bertz CT molecular complexity index is 1030. The summed E-state index contributed by atoms with van der Waals surface area (Å²) in [6.45, 7) is 11.9. The van der Waals surface area contributed by atoms with E-state index in [-0.39, 0.29) is 29.9 Å². The molecule has 1 amide bonds. The zero-order valence-corrected chi connectivity index (χ0v) is 19.1. The van der Waals surface area contributed by atoms with Gasteiger partial charge >= 0.3 is 0 Å². The number of rotatable bonds is 6. The smallest absolute Gasteiger partial charge is 0.244 e. The van der Waals surface area contributed by atoms with E-state index in [4.69, 9.17) is 4.74 Å². The Balaban J connectivity index is 1.82. The molecule has 0 aliphatic carbocycles. The molecule has 1 aromatic heterocycles. The molecule has 0 unspecified atom stereocenters. The number of carbonyl (C=O) groups is 1. The molecule has 1 N–H and O–H groups in total. The second-order valence-electron chi connectivity index (χ2n) is 9.14. The Kier molecular flexibility index (Phi) is 6.25. The third kappa shape index (κ3) is 4.97. The van der Waals surface area contributed by atoms with Crippen molar-refractivity contribution in [1.82, 2.24) is 14.6 Å². The van der Waals surface area contributed by atoms with Gasteiger partial charge in [0.05, 0.1) is 6.20 Å². The van der Waals surface area contributed by atoms with E-state index in [2.05, 4.69) is 16.9 Å². The van der Waals surface area contributed by atoms with Crippen LogP contribution in [0.3, 0.4) is 0 Å². The molecular formula is C23H29N3O4S. The number of hydrogen-bond acceptors (Lipinski definition) is 5. The van der Waals surface area contributed by atoms with Crippen molar-refractivity contribution in [2.75, 3.05) is 13.1 Å². The first-order chi connectivity index (χ1) is 14.5. The van der Waals surface area contributed by atoms with Gasteiger partial charge in [-0.2, -0.15) is 4.31 Å². The van der Waals surface area contributed by atoms with Crippen molar-refractivity contribution in [1.29, 1.82) is 0 Å². The molecule has 0 spiro atoms. The zero-order valence-electron chi connectivity index (χ0n) is 18.3. The maximum Gasteiger partial charge on any atom is 0.244 e.